The summed E-state index contributed by atoms with van der Waals surface area (Å²) < 4.78 is 57.6. The summed E-state index contributed by atoms with van der Waals surface area (Å²) in [4.78, 5) is 15.8. The Morgan fingerprint density at radius 2 is 0.984 bits per heavy atom. The minimum absolute atomic E-state index is 0.111. The van der Waals surface area contributed by atoms with Crippen molar-refractivity contribution in [1.29, 1.82) is 0 Å². The molecule has 0 aliphatic carbocycles. The maximum absolute atomic E-state index is 8.77. The standard InChI is InChI=1S/C57H34N4O2/c1-4-13-35(14-5-1)37-23-25-39(26-24-37)55-58-56(41-27-29-45-51(34-41)63-49-22-12-20-42(52(45)49)38-17-8-3-9-18-38)60-57(59-55)61-47-31-28-40(36-15-6-2-7-16-36)33-46(47)43-30-32-50-53(54(43)61)44-19-10-11-21-48(44)62-50/h1-34H/i3D,8D,9D,17D,18D. The van der Waals surface area contributed by atoms with E-state index in [1.807, 2.05) is 97.1 Å². The van der Waals surface area contributed by atoms with Crippen LogP contribution >= 0.6 is 0 Å². The van der Waals surface area contributed by atoms with Gasteiger partial charge in [0.2, 0.25) is 5.95 Å². The van der Waals surface area contributed by atoms with Gasteiger partial charge in [0.15, 0.2) is 11.6 Å². The second kappa shape index (κ2) is 14.0. The summed E-state index contributed by atoms with van der Waals surface area (Å²) in [5.74, 6) is 1.29. The zero-order chi connectivity index (χ0) is 45.8. The van der Waals surface area contributed by atoms with E-state index in [1.54, 1.807) is 12.1 Å². The van der Waals surface area contributed by atoms with E-state index in [2.05, 4.69) is 71.3 Å². The number of rotatable bonds is 6. The monoisotopic (exact) mass is 811 g/mol. The fraction of sp³-hybridized carbons (Fsp3) is 0. The molecule has 0 atom stereocenters. The molecule has 9 aromatic carbocycles. The van der Waals surface area contributed by atoms with E-state index in [9.17, 15) is 0 Å². The van der Waals surface area contributed by atoms with E-state index in [1.165, 1.54) is 0 Å². The van der Waals surface area contributed by atoms with E-state index in [4.69, 9.17) is 30.6 Å². The van der Waals surface area contributed by atoms with E-state index >= 15 is 0 Å². The van der Waals surface area contributed by atoms with Gasteiger partial charge in [0.1, 0.15) is 22.3 Å². The lowest BCUT2D eigenvalue weighted by atomic mass is 9.99. The maximum Gasteiger partial charge on any atom is 0.238 e. The van der Waals surface area contributed by atoms with Gasteiger partial charge < -0.3 is 8.83 Å². The van der Waals surface area contributed by atoms with Crippen LogP contribution in [0.15, 0.2) is 215 Å². The summed E-state index contributed by atoms with van der Waals surface area (Å²) in [7, 11) is 0. The van der Waals surface area contributed by atoms with Crippen molar-refractivity contribution in [1.82, 2.24) is 19.5 Å². The summed E-state index contributed by atoms with van der Waals surface area (Å²) in [6.45, 7) is 0. The number of hydrogen-bond acceptors (Lipinski definition) is 5. The van der Waals surface area contributed by atoms with Crippen LogP contribution in [0, 0.1) is 0 Å². The van der Waals surface area contributed by atoms with E-state index in [-0.39, 0.29) is 17.6 Å². The average Bonchev–Trinajstić information content (AvgIpc) is 4.07. The van der Waals surface area contributed by atoms with Crippen LogP contribution in [0.1, 0.15) is 6.85 Å². The molecule has 0 amide bonds. The molecule has 0 spiro atoms. The Morgan fingerprint density at radius 1 is 0.381 bits per heavy atom. The van der Waals surface area contributed by atoms with Gasteiger partial charge in [-0.3, -0.25) is 4.57 Å². The molecule has 13 rings (SSSR count). The quantitative estimate of drug-likeness (QED) is 0.167. The fourth-order valence-corrected chi connectivity index (χ4v) is 9.06. The third-order valence-corrected chi connectivity index (χ3v) is 12.0. The smallest absolute Gasteiger partial charge is 0.238 e. The molecule has 63 heavy (non-hydrogen) atoms. The van der Waals surface area contributed by atoms with Gasteiger partial charge in [-0.1, -0.05) is 158 Å². The van der Waals surface area contributed by atoms with Crippen LogP contribution in [0.3, 0.4) is 0 Å². The highest BCUT2D eigenvalue weighted by Gasteiger charge is 2.23. The first-order valence-electron chi connectivity index (χ1n) is 23.2. The van der Waals surface area contributed by atoms with Crippen molar-refractivity contribution >= 4 is 65.7 Å². The predicted molar refractivity (Wildman–Crippen MR) is 256 cm³/mol. The maximum atomic E-state index is 8.77. The molecular weight excluding hydrogens is 773 g/mol. The van der Waals surface area contributed by atoms with E-state index in [0.29, 0.717) is 50.7 Å². The molecule has 6 nitrogen and oxygen atoms in total. The summed E-state index contributed by atoms with van der Waals surface area (Å²) in [5.41, 5.74) is 10.8. The Morgan fingerprint density at radius 3 is 1.79 bits per heavy atom. The first-order valence-corrected chi connectivity index (χ1v) is 20.7. The Balaban J connectivity index is 1.07. The lowest BCUT2D eigenvalue weighted by molar-refractivity contribution is 0.668. The highest BCUT2D eigenvalue weighted by molar-refractivity contribution is 6.24. The topological polar surface area (TPSA) is 69.9 Å². The molecule has 6 heteroatoms. The third-order valence-electron chi connectivity index (χ3n) is 12.0. The van der Waals surface area contributed by atoms with Crippen LogP contribution in [0.25, 0.3) is 128 Å². The molecule has 0 fully saturated rings. The number of benzene rings is 9. The Hall–Kier alpha value is -8.61. The molecule has 0 radical (unpaired) electrons. The Kier molecular flexibility index (Phi) is 6.75. The molecule has 4 aromatic heterocycles. The van der Waals surface area contributed by atoms with Crippen LogP contribution in [-0.2, 0) is 0 Å². The van der Waals surface area contributed by atoms with Crippen LogP contribution in [0.5, 0.6) is 0 Å². The largest absolute Gasteiger partial charge is 0.456 e. The number of nitrogens with zero attached hydrogens (tertiary/aromatic N) is 4. The lowest BCUT2D eigenvalue weighted by Crippen LogP contribution is -2.06. The summed E-state index contributed by atoms with van der Waals surface area (Å²) >= 11 is 0. The van der Waals surface area contributed by atoms with E-state index in [0.717, 1.165) is 71.6 Å². The first-order chi connectivity index (χ1) is 33.3. The number of fused-ring (bicyclic) bond motifs is 10. The molecule has 13 aromatic rings. The zero-order valence-electron chi connectivity index (χ0n) is 38.3. The van der Waals surface area contributed by atoms with Crippen molar-refractivity contribution in [2.24, 2.45) is 0 Å². The highest BCUT2D eigenvalue weighted by atomic mass is 16.3. The second-order valence-corrected chi connectivity index (χ2v) is 15.6. The van der Waals surface area contributed by atoms with Crippen LogP contribution < -0.4 is 0 Å². The minimum atomic E-state index is -0.443. The van der Waals surface area contributed by atoms with Gasteiger partial charge in [-0.2, -0.15) is 9.97 Å². The minimum Gasteiger partial charge on any atom is -0.456 e. The highest BCUT2D eigenvalue weighted by Crippen LogP contribution is 2.43. The Bertz CT molecular complexity index is 4170. The molecule has 0 N–H and O–H groups in total. The molecule has 0 saturated carbocycles. The van der Waals surface area contributed by atoms with Gasteiger partial charge >= 0.3 is 0 Å². The van der Waals surface area contributed by atoms with Gasteiger partial charge in [0.05, 0.1) is 23.3 Å². The van der Waals surface area contributed by atoms with Crippen LogP contribution in [-0.4, -0.2) is 19.5 Å². The van der Waals surface area contributed by atoms with Gasteiger partial charge in [-0.25, -0.2) is 4.98 Å². The van der Waals surface area contributed by atoms with Crippen molar-refractivity contribution in [3.05, 3.63) is 206 Å². The fourth-order valence-electron chi connectivity index (χ4n) is 9.06. The number of aromatic nitrogens is 4. The summed E-state index contributed by atoms with van der Waals surface area (Å²) in [6, 6.07) is 56.8. The number of hydrogen-bond donors (Lipinski definition) is 0. The van der Waals surface area contributed by atoms with Gasteiger partial charge in [-0.15, -0.1) is 0 Å². The number of para-hydroxylation sites is 1. The van der Waals surface area contributed by atoms with Crippen molar-refractivity contribution in [2.75, 3.05) is 0 Å². The molecule has 0 aliphatic heterocycles. The molecule has 0 aliphatic rings. The molecule has 4 heterocycles. The van der Waals surface area contributed by atoms with Crippen molar-refractivity contribution in [2.45, 2.75) is 0 Å². The zero-order valence-corrected chi connectivity index (χ0v) is 33.3. The van der Waals surface area contributed by atoms with Gasteiger partial charge in [0.25, 0.3) is 0 Å². The normalized spacial score (nSPS) is 12.9. The number of furan rings is 2. The van der Waals surface area contributed by atoms with Crippen molar-refractivity contribution < 1.29 is 15.7 Å². The first kappa shape index (κ1) is 30.4. The van der Waals surface area contributed by atoms with Crippen LogP contribution in [0.4, 0.5) is 0 Å². The summed E-state index contributed by atoms with van der Waals surface area (Å²) in [6.07, 6.45) is 0. The molecule has 0 bridgehead atoms. The molecule has 0 saturated heterocycles. The van der Waals surface area contributed by atoms with Gasteiger partial charge in [-0.05, 0) is 81.9 Å². The third kappa shape index (κ3) is 5.69. The average molecular weight is 812 g/mol. The van der Waals surface area contributed by atoms with Crippen molar-refractivity contribution in [3.8, 4) is 62.1 Å². The lowest BCUT2D eigenvalue weighted by Gasteiger charge is -2.12. The van der Waals surface area contributed by atoms with E-state index < -0.39 is 18.1 Å². The SMILES string of the molecule is [2H]c1c([2H])c([2H])c(-c2cccc3oc4cc(-c5nc(-c6ccc(-c7ccccc7)cc6)nc(-n6c7ccc(-c8ccccc8)cc7c7ccc8oc9ccccc9c8c76)n5)ccc4c23)c([2H])c1[2H]. The van der Waals surface area contributed by atoms with Crippen molar-refractivity contribution in [3.63, 3.8) is 0 Å². The molecule has 294 valence electrons. The summed E-state index contributed by atoms with van der Waals surface area (Å²) in [5, 5.41) is 5.33. The molecular formula is C57H34N4O2. The predicted octanol–water partition coefficient (Wildman–Crippen LogP) is 15.1. The van der Waals surface area contributed by atoms with Gasteiger partial charge in [0, 0.05) is 38.1 Å². The molecule has 0 unspecified atom stereocenters. The second-order valence-electron chi connectivity index (χ2n) is 15.6. The van der Waals surface area contributed by atoms with Crippen LogP contribution in [0.2, 0.25) is 0 Å². The Labute approximate surface area is 368 Å².